The molecular weight excluding hydrogens is 569 g/mol. The van der Waals surface area contributed by atoms with E-state index in [-0.39, 0.29) is 25.2 Å². The van der Waals surface area contributed by atoms with Crippen molar-refractivity contribution in [2.75, 3.05) is 18.1 Å². The predicted octanol–water partition coefficient (Wildman–Crippen LogP) is 6.58. The topological polar surface area (TPSA) is 86.7 Å². The van der Waals surface area contributed by atoms with Gasteiger partial charge in [0.25, 0.3) is 0 Å². The molecule has 0 heterocycles. The zero-order valence-electron chi connectivity index (χ0n) is 25.3. The summed E-state index contributed by atoms with van der Waals surface area (Å²) >= 11 is 0. The van der Waals surface area contributed by atoms with Crippen LogP contribution < -0.4 is 0 Å². The summed E-state index contributed by atoms with van der Waals surface area (Å²) in [6.07, 6.45) is 9.09. The lowest BCUT2D eigenvalue weighted by Crippen LogP contribution is -2.29. The van der Waals surface area contributed by atoms with E-state index in [1.807, 2.05) is 88.4 Å². The fraction of sp³-hybridized carbons (Fsp3) is 0.471. The second kappa shape index (κ2) is 16.1. The van der Waals surface area contributed by atoms with Crippen molar-refractivity contribution in [1.82, 2.24) is 0 Å². The summed E-state index contributed by atoms with van der Waals surface area (Å²) in [6, 6.07) is 17.2. The fourth-order valence-electron chi connectivity index (χ4n) is 4.23. The minimum Gasteiger partial charge on any atom is -0.460 e. The van der Waals surface area contributed by atoms with Crippen molar-refractivity contribution in [3.05, 3.63) is 95.1 Å². The van der Waals surface area contributed by atoms with Crippen molar-refractivity contribution >= 4 is 33.5 Å². The Kier molecular flexibility index (Phi) is 12.9. The fourth-order valence-corrected chi connectivity index (χ4v) is 7.12. The van der Waals surface area contributed by atoms with E-state index in [2.05, 4.69) is 12.2 Å². The Morgan fingerprint density at radius 3 is 1.67 bits per heavy atom. The number of carbonyl (C=O) groups excluding carboxylic acids is 2. The highest BCUT2D eigenvalue weighted by Gasteiger charge is 2.31. The summed E-state index contributed by atoms with van der Waals surface area (Å²) < 4.78 is 36.5. The van der Waals surface area contributed by atoms with Gasteiger partial charge < -0.3 is 9.47 Å². The first-order chi connectivity index (χ1) is 19.9. The van der Waals surface area contributed by atoms with Crippen molar-refractivity contribution in [3.8, 4) is 0 Å². The molecule has 228 valence electrons. The van der Waals surface area contributed by atoms with E-state index in [1.165, 1.54) is 0 Å². The first-order valence-electron chi connectivity index (χ1n) is 14.5. The monoisotopic (exact) mass is 612 g/mol. The molecule has 2 atom stereocenters. The third kappa shape index (κ3) is 11.4. The summed E-state index contributed by atoms with van der Waals surface area (Å²) in [5.41, 5.74) is 2.37. The van der Waals surface area contributed by atoms with Gasteiger partial charge in [-0.25, -0.2) is 0 Å². The van der Waals surface area contributed by atoms with Crippen LogP contribution in [0.5, 0.6) is 0 Å². The highest BCUT2D eigenvalue weighted by molar-refractivity contribution is 7.84. The van der Waals surface area contributed by atoms with Gasteiger partial charge in [-0.2, -0.15) is 0 Å². The second-order valence-corrected chi connectivity index (χ2v) is 15.2. The molecule has 2 unspecified atom stereocenters. The number of benzene rings is 2. The molecule has 8 heteroatoms. The Labute approximate surface area is 255 Å². The van der Waals surface area contributed by atoms with Crippen LogP contribution in [0.1, 0.15) is 70.1 Å². The van der Waals surface area contributed by atoms with E-state index >= 15 is 0 Å². The maximum atomic E-state index is 12.8. The van der Waals surface area contributed by atoms with Crippen LogP contribution in [0.25, 0.3) is 0 Å². The number of esters is 2. The maximum Gasteiger partial charge on any atom is 0.311 e. The van der Waals surface area contributed by atoms with E-state index < -0.39 is 32.4 Å². The standard InChI is InChI=1S/C34H44O6S2/c1-33(2,31(35)39-23-27-11-7-5-8-12-27)19-21-41(37)25-29-15-17-30(18-16-29)26-42(38)22-20-34(3,4)32(36)40-24-28-13-9-6-10-14-28/h5,7-9,11-18H,6,10,19-26H2,1-4H3. The third-order valence-electron chi connectivity index (χ3n) is 7.35. The van der Waals surface area contributed by atoms with Crippen molar-refractivity contribution in [2.45, 2.75) is 71.5 Å². The molecule has 0 radical (unpaired) electrons. The van der Waals surface area contributed by atoms with Crippen LogP contribution >= 0.6 is 0 Å². The van der Waals surface area contributed by atoms with Gasteiger partial charge in [0.1, 0.15) is 13.2 Å². The first kappa shape index (κ1) is 33.7. The van der Waals surface area contributed by atoms with Crippen LogP contribution in [0.4, 0.5) is 0 Å². The molecular formula is C34H44O6S2. The number of carbonyl (C=O) groups is 2. The van der Waals surface area contributed by atoms with Crippen molar-refractivity contribution in [2.24, 2.45) is 10.8 Å². The molecule has 0 aromatic heterocycles. The van der Waals surface area contributed by atoms with E-state index in [1.54, 1.807) is 0 Å². The van der Waals surface area contributed by atoms with Crippen LogP contribution in [0.2, 0.25) is 0 Å². The summed E-state index contributed by atoms with van der Waals surface area (Å²) in [5, 5.41) is 0. The molecule has 0 fully saturated rings. The second-order valence-electron chi connectivity index (χ2n) is 12.1. The number of rotatable bonds is 16. The molecule has 1 aliphatic rings. The van der Waals surface area contributed by atoms with E-state index in [0.717, 1.165) is 35.1 Å². The van der Waals surface area contributed by atoms with Gasteiger partial charge >= 0.3 is 11.9 Å². The smallest absolute Gasteiger partial charge is 0.311 e. The molecule has 0 amide bonds. The molecule has 0 aliphatic heterocycles. The zero-order chi connectivity index (χ0) is 30.6. The lowest BCUT2D eigenvalue weighted by Gasteiger charge is -2.22. The Balaban J connectivity index is 1.37. The highest BCUT2D eigenvalue weighted by Crippen LogP contribution is 2.25. The maximum absolute atomic E-state index is 12.8. The zero-order valence-corrected chi connectivity index (χ0v) is 26.9. The lowest BCUT2D eigenvalue weighted by atomic mass is 9.90. The Bertz CT molecular complexity index is 1290. The van der Waals surface area contributed by atoms with Crippen LogP contribution in [0, 0.1) is 10.8 Å². The van der Waals surface area contributed by atoms with E-state index in [9.17, 15) is 18.0 Å². The quantitative estimate of drug-likeness (QED) is 0.199. The Hall–Kier alpha value is -2.84. The molecule has 0 spiro atoms. The molecule has 42 heavy (non-hydrogen) atoms. The molecule has 6 nitrogen and oxygen atoms in total. The van der Waals surface area contributed by atoms with Gasteiger partial charge in [-0.05, 0) is 75.6 Å². The molecule has 2 aromatic rings. The average Bonchev–Trinajstić information content (AvgIpc) is 2.98. The number of hydrogen-bond donors (Lipinski definition) is 0. The Morgan fingerprint density at radius 2 is 1.19 bits per heavy atom. The van der Waals surface area contributed by atoms with Crippen LogP contribution in [0.15, 0.2) is 78.4 Å². The van der Waals surface area contributed by atoms with Gasteiger partial charge in [0.15, 0.2) is 0 Å². The van der Waals surface area contributed by atoms with Gasteiger partial charge in [0.2, 0.25) is 0 Å². The van der Waals surface area contributed by atoms with Gasteiger partial charge in [-0.1, -0.05) is 72.8 Å². The summed E-state index contributed by atoms with van der Waals surface area (Å²) in [6.45, 7) is 7.82. The lowest BCUT2D eigenvalue weighted by molar-refractivity contribution is -0.155. The summed E-state index contributed by atoms with van der Waals surface area (Å²) in [5.74, 6) is 1.01. The van der Waals surface area contributed by atoms with Gasteiger partial charge in [-0.15, -0.1) is 0 Å². The third-order valence-corrected chi connectivity index (χ3v) is 9.98. The van der Waals surface area contributed by atoms with Crippen molar-refractivity contribution in [3.63, 3.8) is 0 Å². The molecule has 2 aromatic carbocycles. The van der Waals surface area contributed by atoms with Gasteiger partial charge in [0, 0.05) is 44.6 Å². The molecule has 1 aliphatic carbocycles. The largest absolute Gasteiger partial charge is 0.460 e. The van der Waals surface area contributed by atoms with Crippen molar-refractivity contribution in [1.29, 1.82) is 0 Å². The molecule has 0 saturated carbocycles. The van der Waals surface area contributed by atoms with Crippen LogP contribution in [0.3, 0.4) is 0 Å². The average molecular weight is 613 g/mol. The number of hydrogen-bond acceptors (Lipinski definition) is 6. The number of ether oxygens (including phenoxy) is 2. The van der Waals surface area contributed by atoms with Crippen LogP contribution in [-0.2, 0) is 58.8 Å². The molecule has 0 saturated heterocycles. The molecule has 3 rings (SSSR count). The minimum atomic E-state index is -1.13. The van der Waals surface area contributed by atoms with Gasteiger partial charge in [0.05, 0.1) is 10.8 Å². The molecule has 0 N–H and O–H groups in total. The van der Waals surface area contributed by atoms with E-state index in [4.69, 9.17) is 9.47 Å². The first-order valence-corrected chi connectivity index (χ1v) is 17.4. The predicted molar refractivity (Wildman–Crippen MR) is 170 cm³/mol. The van der Waals surface area contributed by atoms with Crippen molar-refractivity contribution < 1.29 is 27.5 Å². The SMILES string of the molecule is CC(C)(CCS(=O)Cc1ccc(CS(=O)CCC(C)(C)C(=O)OCc2ccccc2)cc1)C(=O)OCC1=CCCC=C1. The highest BCUT2D eigenvalue weighted by atomic mass is 32.2. The van der Waals surface area contributed by atoms with Crippen LogP contribution in [-0.4, -0.2) is 38.5 Å². The normalized spacial score (nSPS) is 15.0. The Morgan fingerprint density at radius 1 is 0.690 bits per heavy atom. The van der Waals surface area contributed by atoms with Gasteiger partial charge in [-0.3, -0.25) is 18.0 Å². The number of allylic oxidation sites excluding steroid dienone is 2. The summed E-state index contributed by atoms with van der Waals surface area (Å²) in [7, 11) is -2.26. The molecule has 0 bridgehead atoms. The minimum absolute atomic E-state index is 0.226. The summed E-state index contributed by atoms with van der Waals surface area (Å²) in [4.78, 5) is 25.2. The van der Waals surface area contributed by atoms with E-state index in [0.29, 0.717) is 35.9 Å².